The third kappa shape index (κ3) is 13.4. The van der Waals surface area contributed by atoms with Crippen LogP contribution in [0.5, 0.6) is 0 Å². The number of pyridine rings is 1. The molecule has 0 fully saturated rings. The third-order valence-corrected chi connectivity index (χ3v) is 5.97. The fourth-order valence-electron chi connectivity index (χ4n) is 3.75. The number of unbranched alkanes of at least 4 members (excludes halogenated alkanes) is 1. The second-order valence-electron chi connectivity index (χ2n) is 9.49. The molecule has 1 amide bonds. The van der Waals surface area contributed by atoms with Gasteiger partial charge in [-0.15, -0.1) is 0 Å². The van der Waals surface area contributed by atoms with Gasteiger partial charge in [-0.1, -0.05) is 77.3 Å². The van der Waals surface area contributed by atoms with Crippen LogP contribution in [0.1, 0.15) is 75.8 Å². The molecule has 0 spiro atoms. The Kier molecular flexibility index (Phi) is 21.1. The first-order valence-corrected chi connectivity index (χ1v) is 15.1. The van der Waals surface area contributed by atoms with Crippen molar-refractivity contribution in [2.24, 2.45) is 0 Å². The SMILES string of the molecule is CC.CCCC.CCc1nc2c(C)nc(C)cc2n1-c1ccc(CCNC)cc1.COC.Cc1ccc(NC=O)cc1. The van der Waals surface area contributed by atoms with Crippen molar-refractivity contribution in [3.8, 4) is 5.69 Å². The van der Waals surface area contributed by atoms with E-state index in [0.717, 1.165) is 53.3 Å². The lowest BCUT2D eigenvalue weighted by molar-refractivity contribution is -0.105. The molecule has 7 heteroatoms. The number of aromatic nitrogens is 3. The number of hydrogen-bond donors (Lipinski definition) is 2. The van der Waals surface area contributed by atoms with Gasteiger partial charge in [0.05, 0.1) is 11.2 Å². The Bertz CT molecular complexity index is 1250. The van der Waals surface area contributed by atoms with Gasteiger partial charge in [-0.3, -0.25) is 14.3 Å². The van der Waals surface area contributed by atoms with Crippen molar-refractivity contribution in [1.82, 2.24) is 19.9 Å². The summed E-state index contributed by atoms with van der Waals surface area (Å²) in [5.41, 5.74) is 8.73. The van der Waals surface area contributed by atoms with E-state index in [-0.39, 0.29) is 0 Å². The van der Waals surface area contributed by atoms with Gasteiger partial charge in [0.1, 0.15) is 11.3 Å². The second kappa shape index (κ2) is 23.1. The van der Waals surface area contributed by atoms with E-state index < -0.39 is 0 Å². The molecule has 0 bridgehead atoms. The molecule has 7 nitrogen and oxygen atoms in total. The van der Waals surface area contributed by atoms with E-state index in [2.05, 4.69) is 76.0 Å². The summed E-state index contributed by atoms with van der Waals surface area (Å²) in [5.74, 6) is 1.08. The third-order valence-electron chi connectivity index (χ3n) is 5.97. The number of carbonyl (C=O) groups is 1. The van der Waals surface area contributed by atoms with Gasteiger partial charge < -0.3 is 15.4 Å². The quantitative estimate of drug-likeness (QED) is 0.207. The first-order chi connectivity index (χ1) is 20.3. The molecule has 0 unspecified atom stereocenters. The molecule has 2 heterocycles. The van der Waals surface area contributed by atoms with E-state index in [9.17, 15) is 4.79 Å². The second-order valence-corrected chi connectivity index (χ2v) is 9.49. The van der Waals surface area contributed by atoms with Gasteiger partial charge in [-0.05, 0) is 76.7 Å². The average molecular weight is 578 g/mol. The lowest BCUT2D eigenvalue weighted by atomic mass is 10.1. The van der Waals surface area contributed by atoms with E-state index in [4.69, 9.17) is 4.98 Å². The van der Waals surface area contributed by atoms with Crippen molar-refractivity contribution in [2.75, 3.05) is 33.1 Å². The summed E-state index contributed by atoms with van der Waals surface area (Å²) < 4.78 is 6.51. The molecule has 0 saturated heterocycles. The van der Waals surface area contributed by atoms with Crippen LogP contribution in [-0.2, 0) is 22.4 Å². The summed E-state index contributed by atoms with van der Waals surface area (Å²) in [7, 11) is 5.23. The van der Waals surface area contributed by atoms with Crippen molar-refractivity contribution in [1.29, 1.82) is 0 Å². The van der Waals surface area contributed by atoms with Crippen LogP contribution >= 0.6 is 0 Å². The zero-order valence-electron chi connectivity index (χ0n) is 28.0. The summed E-state index contributed by atoms with van der Waals surface area (Å²) >= 11 is 0. The number of carbonyl (C=O) groups excluding carboxylic acids is 1. The summed E-state index contributed by atoms with van der Waals surface area (Å²) in [4.78, 5) is 19.3. The largest absolute Gasteiger partial charge is 0.388 e. The fraction of sp³-hybridized carbons (Fsp3) is 0.457. The number of rotatable bonds is 8. The molecular weight excluding hydrogens is 522 g/mol. The number of likely N-dealkylation sites (N-methyl/N-ethyl adjacent to an activating group) is 1. The number of fused-ring (bicyclic) bond motifs is 1. The first kappa shape index (κ1) is 38.5. The van der Waals surface area contributed by atoms with E-state index >= 15 is 0 Å². The van der Waals surface area contributed by atoms with Crippen molar-refractivity contribution in [3.05, 3.63) is 82.9 Å². The Labute approximate surface area is 255 Å². The average Bonchev–Trinajstić information content (AvgIpc) is 3.38. The van der Waals surface area contributed by atoms with Crippen LogP contribution in [0.2, 0.25) is 0 Å². The molecule has 2 aromatic heterocycles. The van der Waals surface area contributed by atoms with Crippen LogP contribution in [0.15, 0.2) is 54.6 Å². The molecule has 0 aliphatic carbocycles. The number of anilines is 1. The topological polar surface area (TPSA) is 81.1 Å². The van der Waals surface area contributed by atoms with Crippen LogP contribution in [0.3, 0.4) is 0 Å². The normalized spacial score (nSPS) is 9.60. The number of methoxy groups -OCH3 is 1. The van der Waals surface area contributed by atoms with Gasteiger partial charge in [-0.25, -0.2) is 4.98 Å². The fourth-order valence-corrected chi connectivity index (χ4v) is 3.75. The number of nitrogens with zero attached hydrogens (tertiary/aromatic N) is 3. The Morgan fingerprint density at radius 3 is 1.93 bits per heavy atom. The summed E-state index contributed by atoms with van der Waals surface area (Å²) in [6.45, 7) is 17.6. The highest BCUT2D eigenvalue weighted by atomic mass is 16.4. The number of aryl methyl sites for hydroxylation is 4. The molecule has 4 aromatic rings. The van der Waals surface area contributed by atoms with Gasteiger partial charge in [0, 0.05) is 37.7 Å². The van der Waals surface area contributed by atoms with Crippen LogP contribution in [0.25, 0.3) is 16.7 Å². The first-order valence-electron chi connectivity index (χ1n) is 15.1. The number of nitrogens with one attached hydrogen (secondary N) is 2. The summed E-state index contributed by atoms with van der Waals surface area (Å²) in [6.07, 6.45) is 5.25. The molecule has 0 aliphatic heterocycles. The Morgan fingerprint density at radius 2 is 1.45 bits per heavy atom. The zero-order chi connectivity index (χ0) is 31.9. The highest BCUT2D eigenvalue weighted by Gasteiger charge is 2.14. The number of imidazole rings is 1. The number of amides is 1. The van der Waals surface area contributed by atoms with E-state index in [1.54, 1.807) is 14.2 Å². The zero-order valence-corrected chi connectivity index (χ0v) is 28.0. The van der Waals surface area contributed by atoms with Gasteiger partial charge in [0.2, 0.25) is 6.41 Å². The lowest BCUT2D eigenvalue weighted by Crippen LogP contribution is -2.10. The molecular formula is C35H55N5O2. The lowest BCUT2D eigenvalue weighted by Gasteiger charge is -2.10. The summed E-state index contributed by atoms with van der Waals surface area (Å²) in [5, 5.41) is 5.75. The van der Waals surface area contributed by atoms with E-state index in [1.165, 1.54) is 29.7 Å². The Hall–Kier alpha value is -3.55. The molecule has 2 N–H and O–H groups in total. The maximum atomic E-state index is 9.95. The van der Waals surface area contributed by atoms with Gasteiger partial charge in [-0.2, -0.15) is 0 Å². The minimum Gasteiger partial charge on any atom is -0.388 e. The van der Waals surface area contributed by atoms with Gasteiger partial charge in [0.25, 0.3) is 0 Å². The number of ether oxygens (including phenoxy) is 1. The Balaban J connectivity index is 0.000000731. The van der Waals surface area contributed by atoms with Crippen molar-refractivity contribution in [2.45, 2.75) is 81.1 Å². The molecule has 232 valence electrons. The van der Waals surface area contributed by atoms with Crippen LogP contribution in [-0.4, -0.2) is 48.8 Å². The molecule has 0 radical (unpaired) electrons. The summed E-state index contributed by atoms with van der Waals surface area (Å²) in [6, 6.07) is 18.6. The standard InChI is InChI=1S/C19H24N4.C8H9NO.C4H10.C2H6O.C2H6/c1-5-18-22-19-14(3)21-13(2)12-17(19)23(18)16-8-6-15(7-9-16)10-11-20-4;1-7-2-4-8(5-3-7)9-6-10;1-3-4-2;1-3-2;1-2/h6-9,12,20H,5,10-11H2,1-4H3;2-6H,1H3,(H,9,10);3-4H2,1-2H3;1-2H3;1-2H3. The number of hydrogen-bond acceptors (Lipinski definition) is 5. The van der Waals surface area contributed by atoms with E-state index in [0.29, 0.717) is 6.41 Å². The van der Waals surface area contributed by atoms with Crippen LogP contribution < -0.4 is 10.6 Å². The molecule has 0 atom stereocenters. The molecule has 0 saturated carbocycles. The highest BCUT2D eigenvalue weighted by molar-refractivity contribution is 5.80. The minimum atomic E-state index is 0.671. The minimum absolute atomic E-state index is 0.671. The maximum Gasteiger partial charge on any atom is 0.211 e. The monoisotopic (exact) mass is 577 g/mol. The predicted molar refractivity (Wildman–Crippen MR) is 181 cm³/mol. The highest BCUT2D eigenvalue weighted by Crippen LogP contribution is 2.24. The number of benzene rings is 2. The van der Waals surface area contributed by atoms with Crippen LogP contribution in [0, 0.1) is 20.8 Å². The van der Waals surface area contributed by atoms with Crippen molar-refractivity contribution >= 4 is 23.1 Å². The molecule has 2 aromatic carbocycles. The Morgan fingerprint density at radius 1 is 0.881 bits per heavy atom. The van der Waals surface area contributed by atoms with Gasteiger partial charge >= 0.3 is 0 Å². The van der Waals surface area contributed by atoms with E-state index in [1.807, 2.05) is 65.9 Å². The van der Waals surface area contributed by atoms with Crippen molar-refractivity contribution in [3.63, 3.8) is 0 Å². The van der Waals surface area contributed by atoms with Gasteiger partial charge in [0.15, 0.2) is 0 Å². The smallest absolute Gasteiger partial charge is 0.211 e. The molecule has 42 heavy (non-hydrogen) atoms. The maximum absolute atomic E-state index is 9.95. The predicted octanol–water partition coefficient (Wildman–Crippen LogP) is 8.02. The van der Waals surface area contributed by atoms with Crippen LogP contribution in [0.4, 0.5) is 5.69 Å². The van der Waals surface area contributed by atoms with Crippen molar-refractivity contribution < 1.29 is 9.53 Å². The molecule has 0 aliphatic rings. The molecule has 4 rings (SSSR count).